The van der Waals surface area contributed by atoms with Gasteiger partial charge in [0.1, 0.15) is 16.5 Å². The fourth-order valence-electron chi connectivity index (χ4n) is 5.65. The molecule has 1 aliphatic rings. The van der Waals surface area contributed by atoms with E-state index >= 15 is 0 Å². The Morgan fingerprint density at radius 3 is 1.98 bits per heavy atom. The summed E-state index contributed by atoms with van der Waals surface area (Å²) < 4.78 is 5.65. The van der Waals surface area contributed by atoms with Gasteiger partial charge in [0, 0.05) is 38.4 Å². The van der Waals surface area contributed by atoms with E-state index in [1.54, 1.807) is 18.4 Å². The monoisotopic (exact) mass is 628 g/mol. The largest absolute Gasteiger partial charge is 0.496 e. The third-order valence-corrected chi connectivity index (χ3v) is 9.14. The molecular formula is C37H52N6OS. The van der Waals surface area contributed by atoms with E-state index < -0.39 is 0 Å². The second-order valence-corrected chi connectivity index (χ2v) is 12.9. The maximum absolute atomic E-state index is 5.65. The van der Waals surface area contributed by atoms with Crippen molar-refractivity contribution in [3.05, 3.63) is 65.9 Å². The summed E-state index contributed by atoms with van der Waals surface area (Å²) in [6.45, 7) is 6.69. The number of thiazole rings is 1. The van der Waals surface area contributed by atoms with E-state index in [9.17, 15) is 0 Å². The number of aromatic nitrogens is 1. The third-order valence-electron chi connectivity index (χ3n) is 8.19. The first-order valence-electron chi connectivity index (χ1n) is 16.9. The van der Waals surface area contributed by atoms with Crippen molar-refractivity contribution in [2.75, 3.05) is 44.1 Å². The van der Waals surface area contributed by atoms with Crippen molar-refractivity contribution in [3.8, 4) is 5.75 Å². The minimum Gasteiger partial charge on any atom is -0.496 e. The normalized spacial score (nSPS) is 13.7. The molecule has 0 amide bonds. The summed E-state index contributed by atoms with van der Waals surface area (Å²) in [4.78, 5) is 24.5. The number of aliphatic imine (C=N–C) groups is 3. The van der Waals surface area contributed by atoms with Gasteiger partial charge in [-0.05, 0) is 31.0 Å². The van der Waals surface area contributed by atoms with E-state index in [2.05, 4.69) is 35.8 Å². The average molecular weight is 629 g/mol. The number of rotatable bonds is 20. The molecule has 4 rings (SSSR count). The Bertz CT molecular complexity index is 1410. The van der Waals surface area contributed by atoms with Gasteiger partial charge in [-0.3, -0.25) is 0 Å². The van der Waals surface area contributed by atoms with Gasteiger partial charge in [0.25, 0.3) is 0 Å². The Hall–Kier alpha value is -3.52. The van der Waals surface area contributed by atoms with E-state index in [1.807, 2.05) is 56.7 Å². The molecule has 0 saturated carbocycles. The van der Waals surface area contributed by atoms with Crippen LogP contribution in [0.3, 0.4) is 0 Å². The number of anilines is 2. The molecule has 8 heteroatoms. The molecule has 0 aliphatic carbocycles. The van der Waals surface area contributed by atoms with Gasteiger partial charge in [0.15, 0.2) is 11.7 Å². The maximum Gasteiger partial charge on any atom is 0.213 e. The van der Waals surface area contributed by atoms with Crippen LogP contribution in [0.5, 0.6) is 5.75 Å². The summed E-state index contributed by atoms with van der Waals surface area (Å²) in [7, 11) is 5.76. The highest BCUT2D eigenvalue weighted by Gasteiger charge is 2.26. The quantitative estimate of drug-likeness (QED) is 0.117. The number of amidine groups is 2. The van der Waals surface area contributed by atoms with Crippen LogP contribution >= 0.6 is 11.3 Å². The lowest BCUT2D eigenvalue weighted by molar-refractivity contribution is 0.414. The van der Waals surface area contributed by atoms with Crippen molar-refractivity contribution >= 4 is 44.5 Å². The summed E-state index contributed by atoms with van der Waals surface area (Å²) in [5.41, 5.74) is 3.63. The molecule has 2 heterocycles. The first-order chi connectivity index (χ1) is 22.0. The van der Waals surface area contributed by atoms with Crippen LogP contribution in [-0.2, 0) is 0 Å². The molecule has 1 aromatic heterocycles. The van der Waals surface area contributed by atoms with Gasteiger partial charge >= 0.3 is 0 Å². The predicted molar refractivity (Wildman–Crippen MR) is 195 cm³/mol. The van der Waals surface area contributed by atoms with Crippen LogP contribution in [0.25, 0.3) is 0 Å². The van der Waals surface area contributed by atoms with E-state index in [-0.39, 0.29) is 0 Å². The molecule has 45 heavy (non-hydrogen) atoms. The number of hydrogen-bond donors (Lipinski definition) is 0. The van der Waals surface area contributed by atoms with Crippen LogP contribution in [0, 0.1) is 0 Å². The molecule has 2 aromatic carbocycles. The van der Waals surface area contributed by atoms with E-state index in [0.29, 0.717) is 16.8 Å². The Labute approximate surface area is 275 Å². The van der Waals surface area contributed by atoms with Crippen LogP contribution in [-0.4, -0.2) is 56.7 Å². The molecule has 0 radical (unpaired) electrons. The highest BCUT2D eigenvalue weighted by Crippen LogP contribution is 2.32. The first-order valence-corrected chi connectivity index (χ1v) is 17.7. The number of methoxy groups -OCH3 is 1. The van der Waals surface area contributed by atoms with Gasteiger partial charge in [-0.15, -0.1) is 0 Å². The highest BCUT2D eigenvalue weighted by atomic mass is 32.1. The Balaban J connectivity index is 1.60. The molecule has 7 nitrogen and oxygen atoms in total. The van der Waals surface area contributed by atoms with Crippen molar-refractivity contribution in [1.82, 2.24) is 4.98 Å². The van der Waals surface area contributed by atoms with E-state index in [4.69, 9.17) is 24.7 Å². The standard InChI is InChI=1S/C37H52N6OS/c1-6-8-10-12-14-20-26-43(27-21-15-13-11-9-7-2)33-28-38-37(45-33)41-36-34(29-22-16-18-24-31(29)42(3)4)39-35(40-36)30-23-17-19-25-32(30)44-5/h16-19,22-25,28H,6-15,20-21,26-27H2,1-5H3/b41-36-. The number of unbranched alkanes of at least 4 members (excludes halogenated alkanes) is 10. The molecule has 242 valence electrons. The van der Waals surface area contributed by atoms with Crippen LogP contribution in [0.1, 0.15) is 102 Å². The number of ether oxygens (including phenoxy) is 1. The number of para-hydroxylation sites is 2. The van der Waals surface area contributed by atoms with E-state index in [1.165, 1.54) is 82.1 Å². The molecule has 0 atom stereocenters. The number of nitrogens with zero attached hydrogens (tertiary/aromatic N) is 6. The zero-order valence-corrected chi connectivity index (χ0v) is 28.9. The second-order valence-electron chi connectivity index (χ2n) is 11.9. The van der Waals surface area contributed by atoms with Crippen LogP contribution in [0.15, 0.2) is 69.7 Å². The third kappa shape index (κ3) is 9.98. The lowest BCUT2D eigenvalue weighted by Gasteiger charge is -2.22. The van der Waals surface area contributed by atoms with Gasteiger partial charge in [0.2, 0.25) is 5.13 Å². The SMILES string of the molecule is CCCCCCCCN(CCCCCCCC)c1cnc(/N=C2\N=C(c3ccccc3OC)N=C2c2ccccc2N(C)C)s1. The lowest BCUT2D eigenvalue weighted by atomic mass is 10.1. The zero-order chi connectivity index (χ0) is 31.9. The molecule has 0 bridgehead atoms. The highest BCUT2D eigenvalue weighted by molar-refractivity contribution is 7.19. The Morgan fingerprint density at radius 2 is 1.33 bits per heavy atom. The number of hydrogen-bond acceptors (Lipinski definition) is 7. The summed E-state index contributed by atoms with van der Waals surface area (Å²) in [6.07, 6.45) is 17.6. The first kappa shape index (κ1) is 34.4. The van der Waals surface area contributed by atoms with Crippen molar-refractivity contribution in [3.63, 3.8) is 0 Å². The fraction of sp³-hybridized carbons (Fsp3) is 0.514. The van der Waals surface area contributed by atoms with Crippen LogP contribution in [0.2, 0.25) is 0 Å². The lowest BCUT2D eigenvalue weighted by Crippen LogP contribution is -2.24. The van der Waals surface area contributed by atoms with Crippen molar-refractivity contribution in [2.24, 2.45) is 15.0 Å². The molecule has 1 aliphatic heterocycles. The Kier molecular flexibility index (Phi) is 14.1. The van der Waals surface area contributed by atoms with Crippen LogP contribution < -0.4 is 14.5 Å². The second kappa shape index (κ2) is 18.4. The summed E-state index contributed by atoms with van der Waals surface area (Å²) in [6, 6.07) is 16.1. The predicted octanol–water partition coefficient (Wildman–Crippen LogP) is 9.72. The van der Waals surface area contributed by atoms with Crippen molar-refractivity contribution in [1.29, 1.82) is 0 Å². The van der Waals surface area contributed by atoms with Gasteiger partial charge < -0.3 is 14.5 Å². The molecule has 0 fully saturated rings. The summed E-state index contributed by atoms with van der Waals surface area (Å²) in [5.74, 6) is 1.90. The minimum absolute atomic E-state index is 0.574. The smallest absolute Gasteiger partial charge is 0.213 e. The Morgan fingerprint density at radius 1 is 0.733 bits per heavy atom. The molecule has 3 aromatic rings. The van der Waals surface area contributed by atoms with Crippen LogP contribution in [0.4, 0.5) is 15.8 Å². The van der Waals surface area contributed by atoms with Gasteiger partial charge in [-0.25, -0.2) is 15.0 Å². The maximum atomic E-state index is 5.65. The summed E-state index contributed by atoms with van der Waals surface area (Å²) >= 11 is 1.65. The van der Waals surface area contributed by atoms with Crippen molar-refractivity contribution in [2.45, 2.75) is 90.9 Å². The molecule has 0 unspecified atom stereocenters. The molecule has 0 N–H and O–H groups in total. The molecule has 0 saturated heterocycles. The molecule has 0 spiro atoms. The minimum atomic E-state index is 0.574. The summed E-state index contributed by atoms with van der Waals surface area (Å²) in [5, 5.41) is 1.89. The zero-order valence-electron chi connectivity index (χ0n) is 28.1. The molecular weight excluding hydrogens is 577 g/mol. The average Bonchev–Trinajstić information content (AvgIpc) is 3.70. The van der Waals surface area contributed by atoms with Crippen molar-refractivity contribution < 1.29 is 4.74 Å². The van der Waals surface area contributed by atoms with Gasteiger partial charge in [-0.2, -0.15) is 4.99 Å². The topological polar surface area (TPSA) is 65.7 Å². The van der Waals surface area contributed by atoms with Gasteiger partial charge in [-0.1, -0.05) is 120 Å². The van der Waals surface area contributed by atoms with E-state index in [0.717, 1.165) is 41.4 Å². The number of benzene rings is 2. The fourth-order valence-corrected chi connectivity index (χ4v) is 6.49. The van der Waals surface area contributed by atoms with Gasteiger partial charge in [0.05, 0.1) is 18.9 Å².